The number of benzene rings is 3. The van der Waals surface area contributed by atoms with Crippen LogP contribution in [0.4, 0.5) is 0 Å². The normalized spacial score (nSPS) is 14.5. The number of amides is 1. The molecule has 1 aliphatic rings. The number of phenols is 1. The second-order valence-electron chi connectivity index (χ2n) is 8.94. The Morgan fingerprint density at radius 3 is 2.61 bits per heavy atom. The highest BCUT2D eigenvalue weighted by atomic mass is 16.3. The van der Waals surface area contributed by atoms with Gasteiger partial charge < -0.3 is 20.7 Å². The molecule has 1 aromatic heterocycles. The summed E-state index contributed by atoms with van der Waals surface area (Å²) in [5.74, 6) is 0.0883. The zero-order valence-electron chi connectivity index (χ0n) is 18.5. The molecule has 0 aliphatic heterocycles. The molecule has 0 atom stereocenters. The minimum Gasteiger partial charge on any atom is -0.508 e. The molecule has 5 rings (SSSR count). The van der Waals surface area contributed by atoms with Crippen LogP contribution in [0.25, 0.3) is 21.7 Å². The van der Waals surface area contributed by atoms with Crippen molar-refractivity contribution in [3.8, 4) is 5.75 Å². The van der Waals surface area contributed by atoms with Gasteiger partial charge in [-0.2, -0.15) is 0 Å². The van der Waals surface area contributed by atoms with Gasteiger partial charge in [0.2, 0.25) is 0 Å². The van der Waals surface area contributed by atoms with Gasteiger partial charge in [0.25, 0.3) is 5.91 Å². The van der Waals surface area contributed by atoms with Crippen LogP contribution in [0.5, 0.6) is 5.75 Å². The van der Waals surface area contributed by atoms with Gasteiger partial charge in [0.05, 0.1) is 0 Å². The van der Waals surface area contributed by atoms with Crippen molar-refractivity contribution in [3.63, 3.8) is 0 Å². The van der Waals surface area contributed by atoms with E-state index in [1.165, 1.54) is 6.42 Å². The fourth-order valence-corrected chi connectivity index (χ4v) is 4.96. The molecule has 5 N–H and O–H groups in total. The number of rotatable bonds is 5. The van der Waals surface area contributed by atoms with Gasteiger partial charge in [-0.1, -0.05) is 55.7 Å². The zero-order chi connectivity index (χ0) is 22.9. The predicted molar refractivity (Wildman–Crippen MR) is 132 cm³/mol. The van der Waals surface area contributed by atoms with E-state index in [1.807, 2.05) is 53.1 Å². The first-order valence-corrected chi connectivity index (χ1v) is 11.5. The number of aromatic nitrogens is 1. The van der Waals surface area contributed by atoms with Crippen LogP contribution in [-0.4, -0.2) is 27.5 Å². The smallest absolute Gasteiger partial charge is 0.268 e. The third-order valence-corrected chi connectivity index (χ3v) is 6.65. The molecule has 6 nitrogen and oxygen atoms in total. The van der Waals surface area contributed by atoms with Crippen LogP contribution in [0.15, 0.2) is 60.7 Å². The van der Waals surface area contributed by atoms with E-state index in [-0.39, 0.29) is 23.5 Å². The first kappa shape index (κ1) is 21.1. The summed E-state index contributed by atoms with van der Waals surface area (Å²) in [5, 5.41) is 24.3. The van der Waals surface area contributed by atoms with E-state index in [9.17, 15) is 9.90 Å². The highest BCUT2D eigenvalue weighted by Gasteiger charge is 2.21. The zero-order valence-corrected chi connectivity index (χ0v) is 18.5. The highest BCUT2D eigenvalue weighted by Crippen LogP contribution is 2.29. The van der Waals surface area contributed by atoms with E-state index in [0.717, 1.165) is 52.9 Å². The lowest BCUT2D eigenvalue weighted by Crippen LogP contribution is -2.37. The summed E-state index contributed by atoms with van der Waals surface area (Å²) in [5.41, 5.74) is 8.70. The maximum atomic E-state index is 13.4. The molecule has 0 unspecified atom stereocenters. The van der Waals surface area contributed by atoms with Crippen molar-refractivity contribution in [1.82, 2.24) is 9.88 Å². The van der Waals surface area contributed by atoms with Crippen molar-refractivity contribution in [2.24, 2.45) is 5.73 Å². The fraction of sp³-hybridized carbons (Fsp3) is 0.259. The Hall–Kier alpha value is -3.80. The lowest BCUT2D eigenvalue weighted by Gasteiger charge is -2.23. The Morgan fingerprint density at radius 2 is 1.82 bits per heavy atom. The highest BCUT2D eigenvalue weighted by molar-refractivity contribution is 6.02. The summed E-state index contributed by atoms with van der Waals surface area (Å²) in [7, 11) is 0. The number of nitrogens with two attached hydrogens (primary N) is 1. The van der Waals surface area contributed by atoms with Crippen LogP contribution in [0.2, 0.25) is 0 Å². The Balaban J connectivity index is 1.62. The summed E-state index contributed by atoms with van der Waals surface area (Å²) in [6.07, 6.45) is 5.54. The van der Waals surface area contributed by atoms with Gasteiger partial charge in [-0.15, -0.1) is 0 Å². The van der Waals surface area contributed by atoms with E-state index < -0.39 is 0 Å². The molecular formula is C27H28N4O2. The third-order valence-electron chi connectivity index (χ3n) is 6.65. The van der Waals surface area contributed by atoms with Crippen molar-refractivity contribution >= 4 is 33.4 Å². The first-order valence-electron chi connectivity index (χ1n) is 11.5. The summed E-state index contributed by atoms with van der Waals surface area (Å²) < 4.78 is 1.97. The molecule has 0 radical (unpaired) electrons. The Kier molecular flexibility index (Phi) is 5.50. The SMILES string of the molecule is N=C(N)c1ccc2cc(C(=O)NC3CCCCC3)n(Cc3cc(O)cc4ccccc34)c2c1. The van der Waals surface area contributed by atoms with Gasteiger partial charge in [-0.05, 0) is 53.4 Å². The minimum absolute atomic E-state index is 0.0133. The van der Waals surface area contributed by atoms with Crippen LogP contribution in [0.1, 0.15) is 53.7 Å². The fourth-order valence-electron chi connectivity index (χ4n) is 4.96. The Labute approximate surface area is 192 Å². The van der Waals surface area contributed by atoms with Gasteiger partial charge in [-0.3, -0.25) is 10.2 Å². The number of nitrogens with zero attached hydrogens (tertiary/aromatic N) is 1. The van der Waals surface area contributed by atoms with E-state index >= 15 is 0 Å². The lowest BCUT2D eigenvalue weighted by molar-refractivity contribution is 0.0919. The van der Waals surface area contributed by atoms with E-state index in [2.05, 4.69) is 5.32 Å². The second kappa shape index (κ2) is 8.62. The van der Waals surface area contributed by atoms with Crippen LogP contribution in [0.3, 0.4) is 0 Å². The number of fused-ring (bicyclic) bond motifs is 2. The number of nitrogen functional groups attached to an aromatic ring is 1. The molecule has 0 spiro atoms. The van der Waals surface area contributed by atoms with E-state index in [0.29, 0.717) is 17.8 Å². The van der Waals surface area contributed by atoms with E-state index in [1.54, 1.807) is 12.1 Å². The molecule has 1 amide bonds. The van der Waals surface area contributed by atoms with Crippen molar-refractivity contribution in [1.29, 1.82) is 5.41 Å². The predicted octanol–water partition coefficient (Wildman–Crippen LogP) is 4.89. The number of carbonyl (C=O) groups excluding carboxylic acids is 1. The number of amidine groups is 1. The second-order valence-corrected chi connectivity index (χ2v) is 8.94. The number of nitrogens with one attached hydrogen (secondary N) is 2. The average molecular weight is 441 g/mol. The molecule has 0 bridgehead atoms. The monoisotopic (exact) mass is 440 g/mol. The maximum Gasteiger partial charge on any atom is 0.268 e. The van der Waals surface area contributed by atoms with Gasteiger partial charge in [-0.25, -0.2) is 0 Å². The minimum atomic E-state index is -0.0908. The standard InChI is InChI=1S/C27H28N4O2/c28-26(29)19-11-10-18-14-25(27(33)30-21-7-2-1-3-8-21)31(24(18)15-19)16-20-13-22(32)12-17-6-4-5-9-23(17)20/h4-6,9-15,21,32H,1-3,7-8,16H2,(H3,28,29)(H,30,33). The van der Waals surface area contributed by atoms with Crippen molar-refractivity contribution < 1.29 is 9.90 Å². The van der Waals surface area contributed by atoms with Crippen LogP contribution >= 0.6 is 0 Å². The van der Waals surface area contributed by atoms with Gasteiger partial charge >= 0.3 is 0 Å². The molecular weight excluding hydrogens is 412 g/mol. The van der Waals surface area contributed by atoms with Crippen molar-refractivity contribution in [2.45, 2.75) is 44.7 Å². The molecule has 168 valence electrons. The van der Waals surface area contributed by atoms with Crippen molar-refractivity contribution in [2.75, 3.05) is 0 Å². The van der Waals surface area contributed by atoms with Gasteiger partial charge in [0.1, 0.15) is 17.3 Å². The number of carbonyl (C=O) groups is 1. The molecule has 1 fully saturated rings. The Morgan fingerprint density at radius 1 is 1.03 bits per heavy atom. The molecule has 4 aromatic rings. The average Bonchev–Trinajstić information content (AvgIpc) is 3.17. The molecule has 3 aromatic carbocycles. The third kappa shape index (κ3) is 4.16. The van der Waals surface area contributed by atoms with Gasteiger partial charge in [0.15, 0.2) is 0 Å². The van der Waals surface area contributed by atoms with Crippen LogP contribution < -0.4 is 11.1 Å². The maximum absolute atomic E-state index is 13.4. The number of aromatic hydroxyl groups is 1. The largest absolute Gasteiger partial charge is 0.508 e. The van der Waals surface area contributed by atoms with Crippen LogP contribution in [0, 0.1) is 5.41 Å². The van der Waals surface area contributed by atoms with Crippen molar-refractivity contribution in [3.05, 3.63) is 77.5 Å². The van der Waals surface area contributed by atoms with Gasteiger partial charge in [0, 0.05) is 29.1 Å². The molecule has 6 heteroatoms. The van der Waals surface area contributed by atoms with E-state index in [4.69, 9.17) is 11.1 Å². The van der Waals surface area contributed by atoms with Crippen LogP contribution in [-0.2, 0) is 6.54 Å². The molecule has 33 heavy (non-hydrogen) atoms. The number of hydrogen-bond donors (Lipinski definition) is 4. The topological polar surface area (TPSA) is 104 Å². The first-order chi connectivity index (χ1) is 16.0. The molecule has 0 saturated heterocycles. The summed E-state index contributed by atoms with van der Waals surface area (Å²) in [4.78, 5) is 13.4. The Bertz CT molecular complexity index is 1370. The number of phenolic OH excluding ortho intramolecular Hbond substituents is 1. The molecule has 1 saturated carbocycles. The summed E-state index contributed by atoms with van der Waals surface area (Å²) in [6.45, 7) is 0.410. The lowest BCUT2D eigenvalue weighted by atomic mass is 9.95. The summed E-state index contributed by atoms with van der Waals surface area (Å²) in [6, 6.07) is 19.1. The summed E-state index contributed by atoms with van der Waals surface area (Å²) >= 11 is 0. The molecule has 1 heterocycles. The quantitative estimate of drug-likeness (QED) is 0.262. The molecule has 1 aliphatic carbocycles. The number of hydrogen-bond acceptors (Lipinski definition) is 3.